The second-order valence-corrected chi connectivity index (χ2v) is 9.18. The smallest absolute Gasteiger partial charge is 0.263 e. The van der Waals surface area contributed by atoms with Crippen LogP contribution in [0.4, 0.5) is 5.82 Å². The van der Waals surface area contributed by atoms with Gasteiger partial charge in [-0.2, -0.15) is 0 Å². The number of nitrogens with one attached hydrogen (secondary N) is 1. The van der Waals surface area contributed by atoms with Crippen LogP contribution in [0, 0.1) is 0 Å². The molecule has 0 spiro atoms. The Balaban J connectivity index is 1.84. The van der Waals surface area contributed by atoms with Crippen molar-refractivity contribution in [3.05, 3.63) is 71.9 Å². The summed E-state index contributed by atoms with van der Waals surface area (Å²) in [5.74, 6) is 2.15. The van der Waals surface area contributed by atoms with E-state index in [1.807, 2.05) is 0 Å². The normalized spacial score (nSPS) is 11.2. The van der Waals surface area contributed by atoms with Gasteiger partial charge in [0.2, 0.25) is 5.75 Å². The minimum absolute atomic E-state index is 0.121. The van der Waals surface area contributed by atoms with Gasteiger partial charge >= 0.3 is 0 Å². The number of fused-ring (bicyclic) bond motifs is 1. The fourth-order valence-electron chi connectivity index (χ4n) is 3.62. The van der Waals surface area contributed by atoms with Crippen molar-refractivity contribution in [1.82, 2.24) is 9.97 Å². The van der Waals surface area contributed by atoms with Gasteiger partial charge in [-0.3, -0.25) is 4.72 Å². The molecule has 10 heteroatoms. The van der Waals surface area contributed by atoms with E-state index < -0.39 is 10.0 Å². The Hall–Kier alpha value is -4.05. The molecule has 0 saturated carbocycles. The van der Waals surface area contributed by atoms with Crippen molar-refractivity contribution in [1.29, 1.82) is 0 Å². The largest absolute Gasteiger partial charge is 0.497 e. The van der Waals surface area contributed by atoms with E-state index >= 15 is 0 Å². The van der Waals surface area contributed by atoms with E-state index in [0.717, 1.165) is 5.56 Å². The molecule has 0 radical (unpaired) electrons. The second-order valence-electron chi connectivity index (χ2n) is 7.50. The summed E-state index contributed by atoms with van der Waals surface area (Å²) in [7, 11) is 2.26. The number of benzene rings is 3. The maximum Gasteiger partial charge on any atom is 0.263 e. The molecule has 3 aromatic carbocycles. The van der Waals surface area contributed by atoms with E-state index in [-0.39, 0.29) is 17.1 Å². The van der Waals surface area contributed by atoms with Crippen LogP contribution in [0.25, 0.3) is 11.0 Å². The highest BCUT2D eigenvalue weighted by atomic mass is 32.2. The molecule has 0 saturated heterocycles. The van der Waals surface area contributed by atoms with Crippen molar-refractivity contribution >= 4 is 26.9 Å². The molecule has 0 unspecified atom stereocenters. The molecular weight excluding hydrogens is 470 g/mol. The molecule has 0 amide bonds. The number of methoxy groups -OCH3 is 4. The van der Waals surface area contributed by atoms with Crippen LogP contribution in [0.5, 0.6) is 23.0 Å². The standard InChI is InChI=1S/C25H25N3O6S/c1-31-17-10-11-19-20(15-17)26-21(12-16-13-22(32-2)24(34-4)23(14-16)33-3)25(27-19)28-35(29,30)18-8-6-5-7-9-18/h5-11,13-15H,12H2,1-4H3,(H,27,28). The average molecular weight is 496 g/mol. The molecule has 182 valence electrons. The zero-order valence-corrected chi connectivity index (χ0v) is 20.5. The molecular formula is C25H25N3O6S. The fourth-order valence-corrected chi connectivity index (χ4v) is 4.67. The van der Waals surface area contributed by atoms with Gasteiger partial charge in [0.25, 0.3) is 10.0 Å². The number of hydrogen-bond acceptors (Lipinski definition) is 8. The molecule has 0 aliphatic rings. The summed E-state index contributed by atoms with van der Waals surface area (Å²) >= 11 is 0. The Kier molecular flexibility index (Phi) is 6.92. The Morgan fingerprint density at radius 2 is 1.46 bits per heavy atom. The van der Waals surface area contributed by atoms with Crippen LogP contribution in [0.2, 0.25) is 0 Å². The predicted octanol–water partition coefficient (Wildman–Crippen LogP) is 4.06. The maximum absolute atomic E-state index is 13.1. The Morgan fingerprint density at radius 1 is 0.771 bits per heavy atom. The molecule has 0 aliphatic heterocycles. The van der Waals surface area contributed by atoms with Gasteiger partial charge in [0.05, 0.1) is 50.1 Å². The van der Waals surface area contributed by atoms with Crippen molar-refractivity contribution < 1.29 is 27.4 Å². The van der Waals surface area contributed by atoms with E-state index in [2.05, 4.69) is 9.71 Å². The molecule has 9 nitrogen and oxygen atoms in total. The SMILES string of the molecule is COc1ccc2nc(NS(=O)(=O)c3ccccc3)c(Cc3cc(OC)c(OC)c(OC)c3)nc2c1. The molecule has 0 atom stereocenters. The maximum atomic E-state index is 13.1. The lowest BCUT2D eigenvalue weighted by atomic mass is 10.1. The van der Waals surface area contributed by atoms with Crippen LogP contribution < -0.4 is 23.7 Å². The van der Waals surface area contributed by atoms with Gasteiger partial charge in [0, 0.05) is 12.5 Å². The fraction of sp³-hybridized carbons (Fsp3) is 0.200. The first-order chi connectivity index (χ1) is 16.9. The van der Waals surface area contributed by atoms with Crippen LogP contribution in [0.1, 0.15) is 11.3 Å². The van der Waals surface area contributed by atoms with E-state index in [1.54, 1.807) is 55.6 Å². The molecule has 1 heterocycles. The summed E-state index contributed by atoms with van der Waals surface area (Å²) in [6.07, 6.45) is 0.240. The predicted molar refractivity (Wildman–Crippen MR) is 132 cm³/mol. The van der Waals surface area contributed by atoms with E-state index in [1.165, 1.54) is 33.5 Å². The zero-order valence-electron chi connectivity index (χ0n) is 19.7. The lowest BCUT2D eigenvalue weighted by Crippen LogP contribution is -2.16. The summed E-state index contributed by atoms with van der Waals surface area (Å²) < 4.78 is 50.4. The summed E-state index contributed by atoms with van der Waals surface area (Å²) in [4.78, 5) is 9.43. The summed E-state index contributed by atoms with van der Waals surface area (Å²) in [5, 5.41) is 0. The molecule has 35 heavy (non-hydrogen) atoms. The third-order valence-corrected chi connectivity index (χ3v) is 6.68. The lowest BCUT2D eigenvalue weighted by Gasteiger charge is -2.16. The summed E-state index contributed by atoms with van der Waals surface area (Å²) in [6, 6.07) is 16.9. The summed E-state index contributed by atoms with van der Waals surface area (Å²) in [6.45, 7) is 0. The molecule has 1 aromatic heterocycles. The monoisotopic (exact) mass is 495 g/mol. The molecule has 0 bridgehead atoms. The number of anilines is 1. The Morgan fingerprint density at radius 3 is 2.06 bits per heavy atom. The first-order valence-corrected chi connectivity index (χ1v) is 12.1. The molecule has 0 fully saturated rings. The van der Waals surface area contributed by atoms with Crippen LogP contribution in [0.15, 0.2) is 65.6 Å². The highest BCUT2D eigenvalue weighted by molar-refractivity contribution is 7.92. The first-order valence-electron chi connectivity index (χ1n) is 10.6. The quantitative estimate of drug-likeness (QED) is 0.370. The van der Waals surface area contributed by atoms with Gasteiger partial charge in [0.15, 0.2) is 17.3 Å². The minimum atomic E-state index is -3.89. The highest BCUT2D eigenvalue weighted by Crippen LogP contribution is 2.39. The van der Waals surface area contributed by atoms with Crippen LogP contribution >= 0.6 is 0 Å². The minimum Gasteiger partial charge on any atom is -0.497 e. The van der Waals surface area contributed by atoms with Gasteiger partial charge in [0.1, 0.15) is 5.75 Å². The molecule has 1 N–H and O–H groups in total. The van der Waals surface area contributed by atoms with Crippen molar-refractivity contribution in [2.75, 3.05) is 33.2 Å². The topological polar surface area (TPSA) is 109 Å². The first kappa shape index (κ1) is 24.1. The van der Waals surface area contributed by atoms with Gasteiger partial charge in [-0.25, -0.2) is 18.4 Å². The summed E-state index contributed by atoms with van der Waals surface area (Å²) in [5.41, 5.74) is 2.26. The van der Waals surface area contributed by atoms with Crippen molar-refractivity contribution in [2.24, 2.45) is 0 Å². The Labute approximate surface area is 203 Å². The number of hydrogen-bond donors (Lipinski definition) is 1. The molecule has 4 aromatic rings. The third-order valence-electron chi connectivity index (χ3n) is 5.32. The van der Waals surface area contributed by atoms with Gasteiger partial charge in [-0.15, -0.1) is 0 Å². The number of aromatic nitrogens is 2. The van der Waals surface area contributed by atoms with E-state index in [9.17, 15) is 8.42 Å². The number of nitrogens with zero attached hydrogens (tertiary/aromatic N) is 2. The molecule has 0 aliphatic carbocycles. The van der Waals surface area contributed by atoms with Crippen LogP contribution in [-0.4, -0.2) is 46.8 Å². The highest BCUT2D eigenvalue weighted by Gasteiger charge is 2.20. The van der Waals surface area contributed by atoms with Gasteiger partial charge in [-0.05, 0) is 42.0 Å². The molecule has 4 rings (SSSR count). The lowest BCUT2D eigenvalue weighted by molar-refractivity contribution is 0.324. The van der Waals surface area contributed by atoms with Crippen molar-refractivity contribution in [3.63, 3.8) is 0 Å². The third kappa shape index (κ3) is 5.07. The van der Waals surface area contributed by atoms with Crippen molar-refractivity contribution in [2.45, 2.75) is 11.3 Å². The van der Waals surface area contributed by atoms with Crippen LogP contribution in [-0.2, 0) is 16.4 Å². The Bertz CT molecular complexity index is 1430. The van der Waals surface area contributed by atoms with E-state index in [0.29, 0.717) is 39.7 Å². The number of sulfonamides is 1. The van der Waals surface area contributed by atoms with Gasteiger partial charge in [-0.1, -0.05) is 18.2 Å². The second kappa shape index (κ2) is 10.1. The van der Waals surface area contributed by atoms with Gasteiger partial charge < -0.3 is 18.9 Å². The van der Waals surface area contributed by atoms with Crippen molar-refractivity contribution in [3.8, 4) is 23.0 Å². The number of ether oxygens (including phenoxy) is 4. The zero-order chi connectivity index (χ0) is 25.0. The van der Waals surface area contributed by atoms with Crippen LogP contribution in [0.3, 0.4) is 0 Å². The average Bonchev–Trinajstić information content (AvgIpc) is 2.88. The number of rotatable bonds is 9. The van der Waals surface area contributed by atoms with E-state index in [4.69, 9.17) is 23.9 Å².